The smallest absolute Gasteiger partial charge is 0.251 e. The number of nitrogens with zero attached hydrogens (tertiary/aromatic N) is 3. The average molecular weight is 507 g/mol. The number of sulfonamides is 1. The Morgan fingerprint density at radius 3 is 2.47 bits per heavy atom. The number of allylic oxidation sites excluding steroid dienone is 2. The summed E-state index contributed by atoms with van der Waals surface area (Å²) in [4.78, 5) is 2.14. The van der Waals surface area contributed by atoms with E-state index < -0.39 is 10.0 Å². The fourth-order valence-corrected chi connectivity index (χ4v) is 6.05. The van der Waals surface area contributed by atoms with Crippen LogP contribution in [0.25, 0.3) is 27.6 Å². The predicted octanol–water partition coefficient (Wildman–Crippen LogP) is 4.64. The van der Waals surface area contributed by atoms with Gasteiger partial charge in [-0.25, -0.2) is 13.1 Å². The fourth-order valence-electron chi connectivity index (χ4n) is 4.77. The maximum absolute atomic E-state index is 12.8. The van der Waals surface area contributed by atoms with Crippen molar-refractivity contribution < 1.29 is 13.5 Å². The summed E-state index contributed by atoms with van der Waals surface area (Å²) in [6.45, 7) is 5.52. The number of aliphatic hydroxyl groups excluding tert-OH is 1. The Labute approximate surface area is 213 Å². The van der Waals surface area contributed by atoms with Crippen molar-refractivity contribution in [3.8, 4) is 17.3 Å². The Balaban J connectivity index is 1.64. The van der Waals surface area contributed by atoms with Crippen molar-refractivity contribution in [2.75, 3.05) is 31.1 Å². The van der Waals surface area contributed by atoms with Crippen LogP contribution >= 0.6 is 0 Å². The van der Waals surface area contributed by atoms with E-state index in [1.165, 1.54) is 30.3 Å². The van der Waals surface area contributed by atoms with Gasteiger partial charge in [0.05, 0.1) is 0 Å². The molecule has 0 amide bonds. The molecule has 1 aliphatic rings. The molecule has 1 aromatic heterocycles. The Bertz CT molecular complexity index is 1430. The summed E-state index contributed by atoms with van der Waals surface area (Å²) < 4.78 is 29.9. The van der Waals surface area contributed by atoms with Crippen LogP contribution in [0.3, 0.4) is 0 Å². The van der Waals surface area contributed by atoms with Crippen molar-refractivity contribution in [3.05, 3.63) is 59.1 Å². The molecule has 0 aliphatic carbocycles. The van der Waals surface area contributed by atoms with E-state index in [1.54, 1.807) is 13.8 Å². The molecule has 8 heteroatoms. The van der Waals surface area contributed by atoms with Gasteiger partial charge in [-0.2, -0.15) is 5.26 Å². The van der Waals surface area contributed by atoms with Gasteiger partial charge in [0.1, 0.15) is 6.07 Å². The average Bonchev–Trinajstić information content (AvgIpc) is 3.28. The third kappa shape index (κ3) is 5.34. The topological polar surface area (TPSA) is 98.4 Å². The molecule has 0 bridgehead atoms. The Morgan fingerprint density at radius 2 is 1.78 bits per heavy atom. The third-order valence-corrected chi connectivity index (χ3v) is 8.47. The van der Waals surface area contributed by atoms with Crippen molar-refractivity contribution in [2.24, 2.45) is 13.0 Å². The van der Waals surface area contributed by atoms with Gasteiger partial charge in [-0.1, -0.05) is 25.1 Å². The fraction of sp³-hybridized carbons (Fsp3) is 0.393. The summed E-state index contributed by atoms with van der Waals surface area (Å²) in [6.07, 6.45) is 3.79. The summed E-state index contributed by atoms with van der Waals surface area (Å²) >= 11 is 0. The number of nitrogens with one attached hydrogen (secondary N) is 1. The predicted molar refractivity (Wildman–Crippen MR) is 146 cm³/mol. The first-order valence-corrected chi connectivity index (χ1v) is 13.9. The third-order valence-electron chi connectivity index (χ3n) is 6.99. The molecule has 1 aliphatic heterocycles. The van der Waals surface area contributed by atoms with Crippen molar-refractivity contribution in [1.29, 1.82) is 5.26 Å². The standard InChI is InChI=1S/C28H34N4O3S/c1-20(19-33)18-30-36(34,35)28(17-29)21(2)26-11-12-27(31(26)3)24-8-7-23-16-25(10-9-22(23)15-24)32-13-5-4-6-14-32/h7-12,15-16,20,30,33H,4-6,13-14,18-19H2,1-3H3/b28-21+. The van der Waals surface area contributed by atoms with Gasteiger partial charge in [0.15, 0.2) is 4.91 Å². The highest BCUT2D eigenvalue weighted by Gasteiger charge is 2.23. The number of benzene rings is 2. The second-order valence-electron chi connectivity index (χ2n) is 9.66. The Kier molecular flexibility index (Phi) is 7.84. The summed E-state index contributed by atoms with van der Waals surface area (Å²) in [7, 11) is -2.12. The van der Waals surface area contributed by atoms with E-state index in [9.17, 15) is 18.8 Å². The van der Waals surface area contributed by atoms with Crippen LogP contribution in [0.1, 0.15) is 38.8 Å². The number of fused-ring (bicyclic) bond motifs is 1. The summed E-state index contributed by atoms with van der Waals surface area (Å²) in [5, 5.41) is 21.2. The van der Waals surface area contributed by atoms with Crippen LogP contribution in [0.2, 0.25) is 0 Å². The first-order valence-electron chi connectivity index (χ1n) is 12.4. The lowest BCUT2D eigenvalue weighted by atomic mass is 10.0. The highest BCUT2D eigenvalue weighted by atomic mass is 32.2. The number of rotatable bonds is 8. The zero-order valence-corrected chi connectivity index (χ0v) is 22.0. The van der Waals surface area contributed by atoms with Gasteiger partial charge in [-0.05, 0) is 78.8 Å². The number of hydrogen-bond donors (Lipinski definition) is 2. The molecule has 0 radical (unpaired) electrons. The van der Waals surface area contributed by atoms with Crippen LogP contribution in [-0.4, -0.2) is 44.3 Å². The SMILES string of the molecule is C/C(=C(/C#N)S(=O)(=O)NCC(C)CO)c1ccc(-c2ccc3cc(N4CCCCC4)ccc3c2)n1C. The molecule has 190 valence electrons. The number of aromatic nitrogens is 1. The molecule has 0 saturated carbocycles. The van der Waals surface area contributed by atoms with Crippen LogP contribution < -0.4 is 9.62 Å². The van der Waals surface area contributed by atoms with Gasteiger partial charge in [0.25, 0.3) is 10.0 Å². The molecule has 36 heavy (non-hydrogen) atoms. The molecule has 1 saturated heterocycles. The van der Waals surface area contributed by atoms with Crippen LogP contribution in [0.15, 0.2) is 53.4 Å². The number of piperidine rings is 1. The number of nitriles is 1. The highest BCUT2D eigenvalue weighted by molar-refractivity contribution is 7.93. The van der Waals surface area contributed by atoms with E-state index in [0.717, 1.165) is 29.7 Å². The van der Waals surface area contributed by atoms with E-state index in [-0.39, 0.29) is 24.0 Å². The van der Waals surface area contributed by atoms with E-state index in [0.29, 0.717) is 11.3 Å². The summed E-state index contributed by atoms with van der Waals surface area (Å²) in [5.41, 5.74) is 4.25. The van der Waals surface area contributed by atoms with Gasteiger partial charge >= 0.3 is 0 Å². The molecule has 1 atom stereocenters. The van der Waals surface area contributed by atoms with E-state index in [4.69, 9.17) is 0 Å². The molecular formula is C28H34N4O3S. The van der Waals surface area contributed by atoms with Gasteiger partial charge in [0.2, 0.25) is 0 Å². The molecule has 4 rings (SSSR count). The highest BCUT2D eigenvalue weighted by Crippen LogP contribution is 2.31. The molecule has 0 spiro atoms. The molecule has 2 heterocycles. The van der Waals surface area contributed by atoms with E-state index in [2.05, 4.69) is 46.0 Å². The molecule has 1 fully saturated rings. The van der Waals surface area contributed by atoms with Gasteiger partial charge in [-0.15, -0.1) is 0 Å². The Morgan fingerprint density at radius 1 is 1.08 bits per heavy atom. The molecule has 7 nitrogen and oxygen atoms in total. The second-order valence-corrected chi connectivity index (χ2v) is 11.4. The van der Waals surface area contributed by atoms with Crippen LogP contribution in [0.4, 0.5) is 5.69 Å². The van der Waals surface area contributed by atoms with Gasteiger partial charge < -0.3 is 14.6 Å². The maximum Gasteiger partial charge on any atom is 0.251 e. The zero-order valence-electron chi connectivity index (χ0n) is 21.2. The largest absolute Gasteiger partial charge is 0.396 e. The zero-order chi connectivity index (χ0) is 25.9. The van der Waals surface area contributed by atoms with Crippen LogP contribution in [-0.2, 0) is 17.1 Å². The first kappa shape index (κ1) is 26.0. The van der Waals surface area contributed by atoms with Crippen molar-refractivity contribution >= 4 is 32.1 Å². The minimum absolute atomic E-state index is 0.0618. The van der Waals surface area contributed by atoms with Crippen molar-refractivity contribution in [2.45, 2.75) is 33.1 Å². The number of anilines is 1. The van der Waals surface area contributed by atoms with Gasteiger partial charge in [-0.3, -0.25) is 0 Å². The molecule has 3 aromatic rings. The van der Waals surface area contributed by atoms with Crippen LogP contribution in [0, 0.1) is 17.2 Å². The lowest BCUT2D eigenvalue weighted by Crippen LogP contribution is -2.30. The van der Waals surface area contributed by atoms with Crippen molar-refractivity contribution in [1.82, 2.24) is 9.29 Å². The number of hydrogen-bond acceptors (Lipinski definition) is 5. The second kappa shape index (κ2) is 10.9. The van der Waals surface area contributed by atoms with E-state index in [1.807, 2.05) is 29.8 Å². The normalized spacial score (nSPS) is 16.0. The molecule has 2 N–H and O–H groups in total. The minimum Gasteiger partial charge on any atom is -0.396 e. The maximum atomic E-state index is 12.8. The lowest BCUT2D eigenvalue weighted by Gasteiger charge is -2.29. The lowest BCUT2D eigenvalue weighted by molar-refractivity contribution is 0.239. The van der Waals surface area contributed by atoms with Crippen molar-refractivity contribution in [3.63, 3.8) is 0 Å². The molecular weight excluding hydrogens is 472 g/mol. The molecule has 1 unspecified atom stereocenters. The van der Waals surface area contributed by atoms with Crippen LogP contribution in [0.5, 0.6) is 0 Å². The van der Waals surface area contributed by atoms with E-state index >= 15 is 0 Å². The Hall–Kier alpha value is -3.12. The quantitative estimate of drug-likeness (QED) is 0.434. The summed E-state index contributed by atoms with van der Waals surface area (Å²) in [5.74, 6) is -0.245. The number of aliphatic hydroxyl groups is 1. The summed E-state index contributed by atoms with van der Waals surface area (Å²) in [6, 6.07) is 18.6. The first-order chi connectivity index (χ1) is 17.2. The monoisotopic (exact) mass is 506 g/mol. The minimum atomic E-state index is -4.00. The molecule has 2 aromatic carbocycles. The van der Waals surface area contributed by atoms with Gasteiger partial charge in [0, 0.05) is 55.9 Å².